The van der Waals surface area contributed by atoms with Gasteiger partial charge in [0.05, 0.1) is 13.2 Å². The minimum atomic E-state index is -1.24. The van der Waals surface area contributed by atoms with Crippen molar-refractivity contribution in [1.82, 2.24) is 20.0 Å². The Balaban J connectivity index is 1.69. The van der Waals surface area contributed by atoms with Gasteiger partial charge in [-0.25, -0.2) is 4.79 Å². The molecule has 4 rings (SSSR count). The first-order valence-electron chi connectivity index (χ1n) is 11.0. The topological polar surface area (TPSA) is 93.5 Å². The maximum absolute atomic E-state index is 13.6. The molecule has 0 saturated carbocycles. The largest absolute Gasteiger partial charge is 0.461 e. The van der Waals surface area contributed by atoms with Crippen molar-refractivity contribution in [3.05, 3.63) is 87.7 Å². The lowest BCUT2D eigenvalue weighted by Gasteiger charge is -2.43. The van der Waals surface area contributed by atoms with E-state index in [1.165, 1.54) is 10.7 Å². The second kappa shape index (κ2) is 9.80. The first-order chi connectivity index (χ1) is 16.3. The van der Waals surface area contributed by atoms with E-state index in [1.807, 2.05) is 54.6 Å². The summed E-state index contributed by atoms with van der Waals surface area (Å²) in [5.41, 5.74) is 0.842. The zero-order chi connectivity index (χ0) is 24.3. The van der Waals surface area contributed by atoms with Crippen molar-refractivity contribution in [3.8, 4) is 0 Å². The molecular weight excluding hydrogens is 500 g/mol. The molecule has 2 aromatic carbocycles. The minimum Gasteiger partial charge on any atom is -0.461 e. The van der Waals surface area contributed by atoms with Crippen LogP contribution in [0.25, 0.3) is 0 Å². The number of halogens is 1. The Bertz CT molecular complexity index is 1230. The monoisotopic (exact) mass is 524 g/mol. The standard InChI is InChI=1S/C25H25BrN4O4/c1-3-34-23(32)20-13-21-22(31)29(15-18-11-7-8-12-19(18)26)25(2,16-30(21)28-20)24(33)27-14-17-9-5-4-6-10-17/h4-13H,3,14-16H2,1-2H3,(H,27,33). The molecule has 2 amide bonds. The predicted molar refractivity (Wildman–Crippen MR) is 129 cm³/mol. The molecule has 2 heterocycles. The average Bonchev–Trinajstić information content (AvgIpc) is 3.26. The number of nitrogens with one attached hydrogen (secondary N) is 1. The summed E-state index contributed by atoms with van der Waals surface area (Å²) in [5, 5.41) is 7.24. The van der Waals surface area contributed by atoms with Crippen LogP contribution in [-0.2, 0) is 29.2 Å². The zero-order valence-electron chi connectivity index (χ0n) is 19.0. The van der Waals surface area contributed by atoms with Gasteiger partial charge in [-0.15, -0.1) is 0 Å². The maximum atomic E-state index is 13.6. The molecule has 9 heteroatoms. The molecule has 1 aromatic heterocycles. The molecule has 1 atom stereocenters. The molecule has 0 aliphatic carbocycles. The number of carbonyl (C=O) groups is 3. The molecule has 0 spiro atoms. The van der Waals surface area contributed by atoms with Crippen LogP contribution in [-0.4, -0.2) is 44.6 Å². The van der Waals surface area contributed by atoms with Crippen molar-refractivity contribution in [3.63, 3.8) is 0 Å². The molecule has 1 unspecified atom stereocenters. The highest BCUT2D eigenvalue weighted by Crippen LogP contribution is 2.31. The lowest BCUT2D eigenvalue weighted by molar-refractivity contribution is -0.133. The number of esters is 1. The second-order valence-corrected chi connectivity index (χ2v) is 9.07. The van der Waals surface area contributed by atoms with Gasteiger partial charge in [-0.2, -0.15) is 5.10 Å². The Morgan fingerprint density at radius 2 is 1.85 bits per heavy atom. The molecule has 1 aliphatic heterocycles. The Morgan fingerprint density at radius 1 is 1.15 bits per heavy atom. The van der Waals surface area contributed by atoms with Crippen LogP contribution in [0.2, 0.25) is 0 Å². The number of amides is 2. The SMILES string of the molecule is CCOC(=O)c1cc2n(n1)CC(C)(C(=O)NCc1ccccc1)N(Cc1ccccc1Br)C2=O. The van der Waals surface area contributed by atoms with E-state index >= 15 is 0 Å². The van der Waals surface area contributed by atoms with Crippen LogP contribution in [0.1, 0.15) is 46.0 Å². The minimum absolute atomic E-state index is 0.0417. The quantitative estimate of drug-likeness (QED) is 0.477. The summed E-state index contributed by atoms with van der Waals surface area (Å²) >= 11 is 3.53. The summed E-state index contributed by atoms with van der Waals surface area (Å²) in [6, 6.07) is 18.5. The summed E-state index contributed by atoms with van der Waals surface area (Å²) in [5.74, 6) is -1.30. The highest BCUT2D eigenvalue weighted by Gasteiger charge is 2.48. The predicted octanol–water partition coefficient (Wildman–Crippen LogP) is 3.55. The smallest absolute Gasteiger partial charge is 0.358 e. The highest BCUT2D eigenvalue weighted by molar-refractivity contribution is 9.10. The van der Waals surface area contributed by atoms with E-state index in [0.717, 1.165) is 15.6 Å². The summed E-state index contributed by atoms with van der Waals surface area (Å²) < 4.78 is 7.30. The van der Waals surface area contributed by atoms with Crippen LogP contribution in [0.5, 0.6) is 0 Å². The normalized spacial score (nSPS) is 17.3. The van der Waals surface area contributed by atoms with Crippen molar-refractivity contribution < 1.29 is 19.1 Å². The van der Waals surface area contributed by atoms with Crippen molar-refractivity contribution >= 4 is 33.7 Å². The molecule has 0 saturated heterocycles. The molecule has 8 nitrogen and oxygen atoms in total. The van der Waals surface area contributed by atoms with E-state index < -0.39 is 11.5 Å². The Hall–Kier alpha value is -3.46. The van der Waals surface area contributed by atoms with E-state index in [2.05, 4.69) is 26.3 Å². The van der Waals surface area contributed by atoms with E-state index in [0.29, 0.717) is 6.54 Å². The zero-order valence-corrected chi connectivity index (χ0v) is 20.5. The third kappa shape index (κ3) is 4.61. The number of rotatable bonds is 7. The number of carbonyl (C=O) groups excluding carboxylic acids is 3. The van der Waals surface area contributed by atoms with Crippen LogP contribution in [0, 0.1) is 0 Å². The highest BCUT2D eigenvalue weighted by atomic mass is 79.9. The fourth-order valence-corrected chi connectivity index (χ4v) is 4.37. The summed E-state index contributed by atoms with van der Waals surface area (Å²) in [4.78, 5) is 40.9. The van der Waals surface area contributed by atoms with Crippen LogP contribution in [0.3, 0.4) is 0 Å². The molecule has 0 radical (unpaired) electrons. The van der Waals surface area contributed by atoms with E-state index in [1.54, 1.807) is 18.7 Å². The molecule has 176 valence electrons. The summed E-state index contributed by atoms with van der Waals surface area (Å²) in [6.45, 7) is 4.24. The molecule has 34 heavy (non-hydrogen) atoms. The van der Waals surface area contributed by atoms with Gasteiger partial charge in [-0.3, -0.25) is 14.3 Å². The van der Waals surface area contributed by atoms with Crippen molar-refractivity contribution in [2.75, 3.05) is 6.61 Å². The van der Waals surface area contributed by atoms with Crippen LogP contribution in [0.15, 0.2) is 65.1 Å². The Labute approximate surface area is 206 Å². The first-order valence-corrected chi connectivity index (χ1v) is 11.8. The van der Waals surface area contributed by atoms with Gasteiger partial charge in [0.25, 0.3) is 5.91 Å². The number of fused-ring (bicyclic) bond motifs is 1. The van der Waals surface area contributed by atoms with Crippen LogP contribution in [0.4, 0.5) is 0 Å². The molecule has 1 aliphatic rings. The molecular formula is C25H25BrN4O4. The number of ether oxygens (including phenoxy) is 1. The average molecular weight is 525 g/mol. The number of benzene rings is 2. The van der Waals surface area contributed by atoms with Crippen molar-refractivity contribution in [2.24, 2.45) is 0 Å². The van der Waals surface area contributed by atoms with Crippen LogP contribution < -0.4 is 5.32 Å². The van der Waals surface area contributed by atoms with Gasteiger partial charge in [-0.1, -0.05) is 64.5 Å². The molecule has 1 N–H and O–H groups in total. The lowest BCUT2D eigenvalue weighted by Crippen LogP contribution is -2.63. The molecule has 0 bridgehead atoms. The number of hydrogen-bond acceptors (Lipinski definition) is 5. The summed E-state index contributed by atoms with van der Waals surface area (Å²) in [6.07, 6.45) is 0. The van der Waals surface area contributed by atoms with Gasteiger partial charge < -0.3 is 15.0 Å². The first kappa shape index (κ1) is 23.7. The fraction of sp³-hybridized carbons (Fsp3) is 0.280. The van der Waals surface area contributed by atoms with Gasteiger partial charge in [0.15, 0.2) is 5.69 Å². The summed E-state index contributed by atoms with van der Waals surface area (Å²) in [7, 11) is 0. The fourth-order valence-electron chi connectivity index (χ4n) is 3.96. The Kier molecular flexibility index (Phi) is 6.83. The maximum Gasteiger partial charge on any atom is 0.358 e. The van der Waals surface area contributed by atoms with Gasteiger partial charge in [0.1, 0.15) is 11.2 Å². The van der Waals surface area contributed by atoms with Gasteiger partial charge >= 0.3 is 5.97 Å². The van der Waals surface area contributed by atoms with Gasteiger partial charge in [0.2, 0.25) is 5.91 Å². The lowest BCUT2D eigenvalue weighted by atomic mass is 9.94. The number of aromatic nitrogens is 2. The van der Waals surface area contributed by atoms with Crippen molar-refractivity contribution in [2.45, 2.75) is 39.0 Å². The van der Waals surface area contributed by atoms with Crippen molar-refractivity contribution in [1.29, 1.82) is 0 Å². The molecule has 3 aromatic rings. The number of nitrogens with zero attached hydrogens (tertiary/aromatic N) is 3. The molecule has 0 fully saturated rings. The Morgan fingerprint density at radius 3 is 2.56 bits per heavy atom. The van der Waals surface area contributed by atoms with Gasteiger partial charge in [0, 0.05) is 23.6 Å². The van der Waals surface area contributed by atoms with Crippen LogP contribution >= 0.6 is 15.9 Å². The van der Waals surface area contributed by atoms with E-state index in [4.69, 9.17) is 4.74 Å². The second-order valence-electron chi connectivity index (χ2n) is 8.22. The van der Waals surface area contributed by atoms with E-state index in [-0.39, 0.29) is 42.9 Å². The third-order valence-electron chi connectivity index (χ3n) is 5.85. The number of hydrogen-bond donors (Lipinski definition) is 1. The van der Waals surface area contributed by atoms with Gasteiger partial charge in [-0.05, 0) is 31.0 Å². The van der Waals surface area contributed by atoms with E-state index in [9.17, 15) is 14.4 Å². The third-order valence-corrected chi connectivity index (χ3v) is 6.63.